The zero-order chi connectivity index (χ0) is 21.8. The highest BCUT2D eigenvalue weighted by Crippen LogP contribution is 2.32. The fourth-order valence-corrected chi connectivity index (χ4v) is 2.70. The summed E-state index contributed by atoms with van der Waals surface area (Å²) in [6.45, 7) is 6.20. The van der Waals surface area contributed by atoms with E-state index >= 15 is 0 Å². The van der Waals surface area contributed by atoms with Crippen LogP contribution >= 0.6 is 11.6 Å². The van der Waals surface area contributed by atoms with Gasteiger partial charge in [-0.3, -0.25) is 0 Å². The van der Waals surface area contributed by atoms with Gasteiger partial charge in [0.25, 0.3) is 0 Å². The van der Waals surface area contributed by atoms with Gasteiger partial charge in [-0.15, -0.1) is 0 Å². The number of hydrogen-bond acceptors (Lipinski definition) is 3. The van der Waals surface area contributed by atoms with Crippen LogP contribution in [0.1, 0.15) is 39.5 Å². The minimum absolute atomic E-state index is 0.106. The fourth-order valence-electron chi connectivity index (χ4n) is 2.46. The number of ether oxygens (including phenoxy) is 1. The van der Waals surface area contributed by atoms with E-state index in [0.29, 0.717) is 16.7 Å². The predicted octanol–water partition coefficient (Wildman–Crippen LogP) is 5.94. The Morgan fingerprint density at radius 1 is 1.21 bits per heavy atom. The van der Waals surface area contributed by atoms with Crippen molar-refractivity contribution in [2.24, 2.45) is 4.99 Å². The molecule has 0 radical (unpaired) electrons. The number of esters is 1. The molecule has 0 aromatic heterocycles. The van der Waals surface area contributed by atoms with Crippen LogP contribution in [0.25, 0.3) is 0 Å². The molecule has 0 N–H and O–H groups in total. The van der Waals surface area contributed by atoms with E-state index in [1.54, 1.807) is 25.4 Å². The quantitative estimate of drug-likeness (QED) is 0.326. The zero-order valence-corrected chi connectivity index (χ0v) is 17.4. The van der Waals surface area contributed by atoms with E-state index in [1.165, 1.54) is 6.07 Å². The molecule has 29 heavy (non-hydrogen) atoms. The van der Waals surface area contributed by atoms with E-state index in [2.05, 4.69) is 4.99 Å². The number of carbonyl (C=O) groups is 1. The molecule has 8 heteroatoms. The Hall–Kier alpha value is -2.54. The Labute approximate surface area is 173 Å². The van der Waals surface area contributed by atoms with Gasteiger partial charge in [0.2, 0.25) is 0 Å². The van der Waals surface area contributed by atoms with E-state index in [9.17, 15) is 18.0 Å². The summed E-state index contributed by atoms with van der Waals surface area (Å²) in [6.07, 6.45) is -2.77. The van der Waals surface area contributed by atoms with Gasteiger partial charge in [-0.05, 0) is 56.2 Å². The molecule has 0 atom stereocenters. The van der Waals surface area contributed by atoms with Crippen LogP contribution in [-0.4, -0.2) is 30.8 Å². The number of aryl methyl sites for hydroxylation is 2. The fraction of sp³-hybridized carbons (Fsp3) is 0.333. The number of benzene rings is 2. The summed E-state index contributed by atoms with van der Waals surface area (Å²) in [5.74, 6) is -0.581. The first-order valence-corrected chi connectivity index (χ1v) is 9.29. The van der Waals surface area contributed by atoms with Gasteiger partial charge in [-0.1, -0.05) is 17.7 Å². The molecule has 0 heterocycles. The highest BCUT2D eigenvalue weighted by Gasteiger charge is 2.31. The second-order valence-corrected chi connectivity index (χ2v) is 7.06. The number of carbonyl (C=O) groups excluding carboxylic acids is 1. The molecule has 156 valence electrons. The van der Waals surface area contributed by atoms with Crippen molar-refractivity contribution < 1.29 is 22.7 Å². The number of halogens is 4. The third-order valence-electron chi connectivity index (χ3n) is 4.39. The van der Waals surface area contributed by atoms with Gasteiger partial charge >= 0.3 is 12.1 Å². The number of hydrogen-bond donors (Lipinski definition) is 0. The summed E-state index contributed by atoms with van der Waals surface area (Å²) in [5, 5.41) is -0.106. The van der Waals surface area contributed by atoms with Crippen LogP contribution in [0.3, 0.4) is 0 Å². The van der Waals surface area contributed by atoms with Crippen LogP contribution in [-0.2, 0) is 17.5 Å². The molecule has 0 aliphatic carbocycles. The van der Waals surface area contributed by atoms with Crippen molar-refractivity contribution in [3.05, 3.63) is 63.2 Å². The molecule has 2 rings (SSSR count). The van der Waals surface area contributed by atoms with Gasteiger partial charge in [0.15, 0.2) is 0 Å². The Morgan fingerprint density at radius 3 is 2.48 bits per heavy atom. The molecule has 0 fully saturated rings. The van der Waals surface area contributed by atoms with Crippen LogP contribution in [0.2, 0.25) is 5.02 Å². The topological polar surface area (TPSA) is 41.9 Å². The number of aliphatic imine (C=N–C) groups is 1. The minimum atomic E-state index is -4.48. The van der Waals surface area contributed by atoms with Crippen molar-refractivity contribution in [2.75, 3.05) is 13.6 Å². The van der Waals surface area contributed by atoms with E-state index in [-0.39, 0.29) is 11.6 Å². The molecule has 0 amide bonds. The Balaban J connectivity index is 2.13. The maximum Gasteiger partial charge on any atom is 0.416 e. The van der Waals surface area contributed by atoms with Crippen molar-refractivity contribution in [3.63, 3.8) is 0 Å². The van der Waals surface area contributed by atoms with Gasteiger partial charge < -0.3 is 9.64 Å². The lowest BCUT2D eigenvalue weighted by atomic mass is 10.0. The highest BCUT2D eigenvalue weighted by molar-refractivity contribution is 6.31. The molecule has 0 spiro atoms. The van der Waals surface area contributed by atoms with E-state index in [4.69, 9.17) is 16.3 Å². The van der Waals surface area contributed by atoms with Crippen LogP contribution in [0, 0.1) is 13.8 Å². The highest BCUT2D eigenvalue weighted by atomic mass is 35.5. The molecule has 0 aliphatic rings. The lowest BCUT2D eigenvalue weighted by Gasteiger charge is -2.13. The molecule has 2 aromatic carbocycles. The van der Waals surface area contributed by atoms with Gasteiger partial charge in [0.1, 0.15) is 6.61 Å². The first kappa shape index (κ1) is 22.7. The average molecular weight is 427 g/mol. The molecule has 0 bridgehead atoms. The molecule has 0 aliphatic heterocycles. The summed E-state index contributed by atoms with van der Waals surface area (Å²) in [6, 6.07) is 6.41. The van der Waals surface area contributed by atoms with E-state index in [1.807, 2.05) is 25.8 Å². The Morgan fingerprint density at radius 2 is 1.90 bits per heavy atom. The lowest BCUT2D eigenvalue weighted by Crippen LogP contribution is -2.14. The standard InChI is InChI=1S/C21H22ClF3N2O2/c1-5-27(4)12-26-19-9-13(2)17(8-14(19)3)20(28)29-11-15-6-7-16(10-18(15)22)21(23,24)25/h6-10,12H,5,11H2,1-4H3. The van der Waals surface area contributed by atoms with Crippen LogP contribution in [0.15, 0.2) is 35.3 Å². The Kier molecular flexibility index (Phi) is 7.30. The predicted molar refractivity (Wildman–Crippen MR) is 108 cm³/mol. The smallest absolute Gasteiger partial charge is 0.416 e. The molecular weight excluding hydrogens is 405 g/mol. The monoisotopic (exact) mass is 426 g/mol. The first-order chi connectivity index (χ1) is 13.5. The summed E-state index contributed by atoms with van der Waals surface area (Å²) in [7, 11) is 1.91. The number of alkyl halides is 3. The molecule has 0 saturated carbocycles. The van der Waals surface area contributed by atoms with Gasteiger partial charge in [-0.25, -0.2) is 9.79 Å². The lowest BCUT2D eigenvalue weighted by molar-refractivity contribution is -0.137. The molecular formula is C21H22ClF3N2O2. The van der Waals surface area contributed by atoms with Crippen molar-refractivity contribution in [3.8, 4) is 0 Å². The van der Waals surface area contributed by atoms with Crippen LogP contribution < -0.4 is 0 Å². The average Bonchev–Trinajstić information content (AvgIpc) is 2.65. The Bertz CT molecular complexity index is 927. The van der Waals surface area contributed by atoms with E-state index < -0.39 is 17.7 Å². The second kappa shape index (κ2) is 9.31. The van der Waals surface area contributed by atoms with E-state index in [0.717, 1.165) is 29.9 Å². The SMILES string of the molecule is CCN(C)C=Nc1cc(C)c(C(=O)OCc2ccc(C(F)(F)F)cc2Cl)cc1C. The van der Waals surface area contributed by atoms with Crippen molar-refractivity contribution in [2.45, 2.75) is 33.6 Å². The van der Waals surface area contributed by atoms with Crippen molar-refractivity contribution in [1.29, 1.82) is 0 Å². The number of nitrogens with zero attached hydrogens (tertiary/aromatic N) is 2. The van der Waals surface area contributed by atoms with Gasteiger partial charge in [-0.2, -0.15) is 13.2 Å². The first-order valence-electron chi connectivity index (χ1n) is 8.91. The zero-order valence-electron chi connectivity index (χ0n) is 16.6. The summed E-state index contributed by atoms with van der Waals surface area (Å²) in [5.41, 5.74) is 2.04. The second-order valence-electron chi connectivity index (χ2n) is 6.65. The normalized spacial score (nSPS) is 11.7. The number of rotatable bonds is 6. The summed E-state index contributed by atoms with van der Waals surface area (Å²) < 4.78 is 43.4. The molecule has 2 aromatic rings. The van der Waals surface area contributed by atoms with Gasteiger partial charge in [0.05, 0.1) is 23.2 Å². The molecule has 0 unspecified atom stereocenters. The largest absolute Gasteiger partial charge is 0.457 e. The third-order valence-corrected chi connectivity index (χ3v) is 4.75. The summed E-state index contributed by atoms with van der Waals surface area (Å²) in [4.78, 5) is 18.8. The summed E-state index contributed by atoms with van der Waals surface area (Å²) >= 11 is 5.90. The molecule has 0 saturated heterocycles. The maximum atomic E-state index is 12.7. The minimum Gasteiger partial charge on any atom is -0.457 e. The van der Waals surface area contributed by atoms with Gasteiger partial charge in [0, 0.05) is 24.2 Å². The maximum absolute atomic E-state index is 12.7. The van der Waals surface area contributed by atoms with Crippen LogP contribution in [0.5, 0.6) is 0 Å². The molecule has 4 nitrogen and oxygen atoms in total. The van der Waals surface area contributed by atoms with Crippen molar-refractivity contribution in [1.82, 2.24) is 4.90 Å². The van der Waals surface area contributed by atoms with Crippen LogP contribution in [0.4, 0.5) is 18.9 Å². The third kappa shape index (κ3) is 5.97. The van der Waals surface area contributed by atoms with Crippen molar-refractivity contribution >= 4 is 29.6 Å².